The van der Waals surface area contributed by atoms with Crippen molar-refractivity contribution >= 4 is 17.9 Å². The number of carbonyl (C=O) groups excluding carboxylic acids is 3. The van der Waals surface area contributed by atoms with Crippen LogP contribution in [0.2, 0.25) is 0 Å². The van der Waals surface area contributed by atoms with Crippen molar-refractivity contribution in [3.8, 4) is 0 Å². The van der Waals surface area contributed by atoms with Crippen molar-refractivity contribution < 1.29 is 28.6 Å². The van der Waals surface area contributed by atoms with E-state index in [0.29, 0.717) is 19.3 Å². The molecule has 66 heavy (non-hydrogen) atoms. The van der Waals surface area contributed by atoms with Crippen molar-refractivity contribution in [3.05, 3.63) is 60.8 Å². The molecule has 6 heteroatoms. The lowest BCUT2D eigenvalue weighted by Crippen LogP contribution is -2.30. The fraction of sp³-hybridized carbons (Fsp3) is 0.783. The van der Waals surface area contributed by atoms with E-state index in [-0.39, 0.29) is 31.1 Å². The normalized spacial score (nSPS) is 12.5. The zero-order valence-corrected chi connectivity index (χ0v) is 43.7. The van der Waals surface area contributed by atoms with Crippen LogP contribution in [0.25, 0.3) is 0 Å². The number of hydrogen-bond donors (Lipinski definition) is 0. The zero-order chi connectivity index (χ0) is 47.9. The molecule has 0 radical (unpaired) electrons. The topological polar surface area (TPSA) is 78.9 Å². The molecule has 0 amide bonds. The minimum absolute atomic E-state index is 0.0815. The molecule has 0 bridgehead atoms. The van der Waals surface area contributed by atoms with E-state index >= 15 is 0 Å². The second-order valence-corrected chi connectivity index (χ2v) is 18.8. The van der Waals surface area contributed by atoms with Gasteiger partial charge in [0.1, 0.15) is 13.2 Å². The molecule has 0 rings (SSSR count). The average molecular weight is 924 g/mol. The van der Waals surface area contributed by atoms with Crippen LogP contribution >= 0.6 is 0 Å². The number of ether oxygens (including phenoxy) is 3. The summed E-state index contributed by atoms with van der Waals surface area (Å²) in [6.07, 6.45) is 67.7. The predicted octanol–water partition coefficient (Wildman–Crippen LogP) is 18.8. The Morgan fingerprint density at radius 3 is 0.848 bits per heavy atom. The first kappa shape index (κ1) is 63.1. The van der Waals surface area contributed by atoms with Crippen LogP contribution in [0.4, 0.5) is 0 Å². The van der Waals surface area contributed by atoms with Gasteiger partial charge in [0.2, 0.25) is 0 Å². The second kappa shape index (κ2) is 54.7. The Morgan fingerprint density at radius 2 is 0.545 bits per heavy atom. The molecule has 0 heterocycles. The third-order valence-corrected chi connectivity index (χ3v) is 12.2. The largest absolute Gasteiger partial charge is 0.462 e. The van der Waals surface area contributed by atoms with E-state index in [9.17, 15) is 14.4 Å². The van der Waals surface area contributed by atoms with E-state index in [1.807, 2.05) is 0 Å². The first-order chi connectivity index (χ1) is 32.5. The van der Waals surface area contributed by atoms with Gasteiger partial charge in [-0.25, -0.2) is 0 Å². The van der Waals surface area contributed by atoms with Crippen LogP contribution in [-0.4, -0.2) is 37.2 Å². The monoisotopic (exact) mass is 923 g/mol. The van der Waals surface area contributed by atoms with Crippen molar-refractivity contribution in [1.29, 1.82) is 0 Å². The number of unbranched alkanes of at least 4 members (excludes halogenated alkanes) is 30. The summed E-state index contributed by atoms with van der Waals surface area (Å²) < 4.78 is 16.8. The molecule has 0 aromatic heterocycles. The van der Waals surface area contributed by atoms with E-state index in [1.165, 1.54) is 161 Å². The summed E-state index contributed by atoms with van der Waals surface area (Å²) in [5, 5.41) is 0. The van der Waals surface area contributed by atoms with Crippen molar-refractivity contribution in [2.24, 2.45) is 0 Å². The lowest BCUT2D eigenvalue weighted by atomic mass is 10.1. The summed E-state index contributed by atoms with van der Waals surface area (Å²) in [6, 6.07) is 0. The van der Waals surface area contributed by atoms with Crippen LogP contribution in [0.15, 0.2) is 60.8 Å². The van der Waals surface area contributed by atoms with Crippen molar-refractivity contribution in [1.82, 2.24) is 0 Å². The van der Waals surface area contributed by atoms with E-state index in [0.717, 1.165) is 83.5 Å². The molecule has 0 aromatic carbocycles. The summed E-state index contributed by atoms with van der Waals surface area (Å²) in [7, 11) is 0. The molecular formula is C60H106O6. The van der Waals surface area contributed by atoms with Gasteiger partial charge in [0.05, 0.1) is 0 Å². The summed E-state index contributed by atoms with van der Waals surface area (Å²) in [5.74, 6) is -0.894. The fourth-order valence-electron chi connectivity index (χ4n) is 7.91. The number of carbonyl (C=O) groups is 3. The molecule has 382 valence electrons. The summed E-state index contributed by atoms with van der Waals surface area (Å²) >= 11 is 0. The van der Waals surface area contributed by atoms with Crippen LogP contribution in [0.1, 0.15) is 284 Å². The van der Waals surface area contributed by atoms with Gasteiger partial charge in [0.15, 0.2) is 6.10 Å². The molecule has 0 aromatic rings. The van der Waals surface area contributed by atoms with Crippen LogP contribution in [-0.2, 0) is 28.6 Å². The molecule has 0 N–H and O–H groups in total. The Morgan fingerprint density at radius 1 is 0.303 bits per heavy atom. The summed E-state index contributed by atoms with van der Waals surface area (Å²) in [4.78, 5) is 38.1. The highest BCUT2D eigenvalue weighted by atomic mass is 16.6. The maximum absolute atomic E-state index is 12.8. The Kier molecular flexibility index (Phi) is 52.3. The molecule has 0 saturated heterocycles. The molecular weight excluding hydrogens is 817 g/mol. The number of esters is 3. The van der Waals surface area contributed by atoms with Gasteiger partial charge in [0, 0.05) is 19.3 Å². The third-order valence-electron chi connectivity index (χ3n) is 12.2. The van der Waals surface area contributed by atoms with Gasteiger partial charge in [-0.1, -0.05) is 216 Å². The standard InChI is InChI=1S/C60H106O6/c1-4-7-10-13-16-19-22-25-27-29-30-32-33-35-38-41-44-47-50-53-59(62)65-56-57(55-64-58(61)52-49-46-43-40-37-24-21-18-15-12-9-6-3)66-60(63)54-51-48-45-42-39-36-34-31-28-26-23-20-17-14-11-8-5-2/h16-21,25-28,57H,4-15,22-24,29-56H2,1-3H3/b19-16-,20-17-,21-18-,27-25-,28-26-. The maximum atomic E-state index is 12.8. The average Bonchev–Trinajstić information content (AvgIpc) is 3.31. The first-order valence-corrected chi connectivity index (χ1v) is 28.3. The van der Waals surface area contributed by atoms with Gasteiger partial charge in [0.25, 0.3) is 0 Å². The molecule has 0 fully saturated rings. The number of allylic oxidation sites excluding steroid dienone is 10. The van der Waals surface area contributed by atoms with E-state index in [4.69, 9.17) is 14.2 Å². The molecule has 6 nitrogen and oxygen atoms in total. The highest BCUT2D eigenvalue weighted by molar-refractivity contribution is 5.71. The van der Waals surface area contributed by atoms with E-state index < -0.39 is 6.10 Å². The van der Waals surface area contributed by atoms with Crippen molar-refractivity contribution in [3.63, 3.8) is 0 Å². The summed E-state index contributed by atoms with van der Waals surface area (Å²) in [6.45, 7) is 6.57. The lowest BCUT2D eigenvalue weighted by Gasteiger charge is -2.18. The minimum Gasteiger partial charge on any atom is -0.462 e. The first-order valence-electron chi connectivity index (χ1n) is 28.3. The number of hydrogen-bond acceptors (Lipinski definition) is 6. The molecule has 1 unspecified atom stereocenters. The van der Waals surface area contributed by atoms with Crippen molar-refractivity contribution in [2.75, 3.05) is 13.2 Å². The van der Waals surface area contributed by atoms with E-state index in [1.54, 1.807) is 0 Å². The lowest BCUT2D eigenvalue weighted by molar-refractivity contribution is -0.167. The molecule has 0 aliphatic rings. The van der Waals surface area contributed by atoms with Gasteiger partial charge in [-0.15, -0.1) is 0 Å². The van der Waals surface area contributed by atoms with Gasteiger partial charge in [-0.3, -0.25) is 14.4 Å². The smallest absolute Gasteiger partial charge is 0.306 e. The maximum Gasteiger partial charge on any atom is 0.306 e. The van der Waals surface area contributed by atoms with Gasteiger partial charge >= 0.3 is 17.9 Å². The molecule has 0 spiro atoms. The molecule has 0 saturated carbocycles. The van der Waals surface area contributed by atoms with Crippen molar-refractivity contribution in [2.45, 2.75) is 290 Å². The Balaban J connectivity index is 4.36. The Hall–Kier alpha value is -2.89. The SMILES string of the molecule is CCCCC/C=C\C/C=C\CCCCCCCCCCCC(=O)OCC(COC(=O)CCCCCCC/C=C\CCCCC)OC(=O)CCCCCCCCC/C=C\C/C=C\CCCCC. The predicted molar refractivity (Wildman–Crippen MR) is 284 cm³/mol. The fourth-order valence-corrected chi connectivity index (χ4v) is 7.91. The highest BCUT2D eigenvalue weighted by Gasteiger charge is 2.19. The van der Waals surface area contributed by atoms with Crippen LogP contribution < -0.4 is 0 Å². The van der Waals surface area contributed by atoms with Gasteiger partial charge in [-0.05, 0) is 109 Å². The Bertz CT molecular complexity index is 1200. The summed E-state index contributed by atoms with van der Waals surface area (Å²) in [5.41, 5.74) is 0. The second-order valence-electron chi connectivity index (χ2n) is 18.8. The van der Waals surface area contributed by atoms with Crippen LogP contribution in [0.5, 0.6) is 0 Å². The minimum atomic E-state index is -0.783. The number of rotatable bonds is 51. The third kappa shape index (κ3) is 52.1. The van der Waals surface area contributed by atoms with Crippen LogP contribution in [0, 0.1) is 0 Å². The quantitative estimate of drug-likeness (QED) is 0.0262. The zero-order valence-electron chi connectivity index (χ0n) is 43.7. The van der Waals surface area contributed by atoms with Crippen LogP contribution in [0.3, 0.4) is 0 Å². The Labute approximate surface area is 409 Å². The molecule has 1 atom stereocenters. The van der Waals surface area contributed by atoms with Gasteiger partial charge < -0.3 is 14.2 Å². The van der Waals surface area contributed by atoms with Gasteiger partial charge in [-0.2, -0.15) is 0 Å². The van der Waals surface area contributed by atoms with E-state index in [2.05, 4.69) is 81.5 Å². The molecule has 0 aliphatic carbocycles. The molecule has 0 aliphatic heterocycles. The highest BCUT2D eigenvalue weighted by Crippen LogP contribution is 2.15.